The van der Waals surface area contributed by atoms with Crippen molar-refractivity contribution in [3.05, 3.63) is 22.4 Å². The molecule has 0 saturated heterocycles. The second-order valence-corrected chi connectivity index (χ2v) is 5.09. The monoisotopic (exact) mass is 226 g/mol. The Morgan fingerprint density at radius 2 is 2.40 bits per heavy atom. The smallest absolute Gasteiger partial charge is 0.0599 e. The molecule has 0 bridgehead atoms. The van der Waals surface area contributed by atoms with Crippen LogP contribution in [0.4, 0.5) is 0 Å². The van der Waals surface area contributed by atoms with Crippen molar-refractivity contribution in [2.45, 2.75) is 31.5 Å². The van der Waals surface area contributed by atoms with Crippen LogP contribution in [0, 0.1) is 0 Å². The van der Waals surface area contributed by atoms with Gasteiger partial charge in [0.25, 0.3) is 0 Å². The van der Waals surface area contributed by atoms with Crippen molar-refractivity contribution < 1.29 is 5.11 Å². The van der Waals surface area contributed by atoms with Crippen molar-refractivity contribution in [2.24, 2.45) is 5.73 Å². The summed E-state index contributed by atoms with van der Waals surface area (Å²) in [4.78, 5) is 3.71. The van der Waals surface area contributed by atoms with E-state index >= 15 is 0 Å². The Morgan fingerprint density at radius 1 is 1.60 bits per heavy atom. The van der Waals surface area contributed by atoms with E-state index in [0.717, 1.165) is 6.54 Å². The highest BCUT2D eigenvalue weighted by atomic mass is 32.1. The average molecular weight is 226 g/mol. The quantitative estimate of drug-likeness (QED) is 0.762. The first-order valence-electron chi connectivity index (χ1n) is 5.44. The van der Waals surface area contributed by atoms with Crippen LogP contribution in [0.1, 0.15) is 17.7 Å². The van der Waals surface area contributed by atoms with E-state index in [1.165, 1.54) is 17.7 Å². The SMILES string of the molecule is NCC(CO)N(Cc1cccs1)C1CC1. The zero-order valence-corrected chi connectivity index (χ0v) is 9.62. The van der Waals surface area contributed by atoms with Crippen LogP contribution in [0.5, 0.6) is 0 Å². The molecular weight excluding hydrogens is 208 g/mol. The summed E-state index contributed by atoms with van der Waals surface area (Å²) in [5, 5.41) is 11.4. The lowest BCUT2D eigenvalue weighted by Gasteiger charge is -2.29. The van der Waals surface area contributed by atoms with Crippen molar-refractivity contribution in [1.29, 1.82) is 0 Å². The highest BCUT2D eigenvalue weighted by molar-refractivity contribution is 7.09. The van der Waals surface area contributed by atoms with Gasteiger partial charge in [0, 0.05) is 30.1 Å². The third kappa shape index (κ3) is 2.78. The number of thiophene rings is 1. The van der Waals surface area contributed by atoms with Gasteiger partial charge in [0.15, 0.2) is 0 Å². The van der Waals surface area contributed by atoms with Gasteiger partial charge in [0.05, 0.1) is 6.61 Å². The summed E-state index contributed by atoms with van der Waals surface area (Å²) in [5.74, 6) is 0. The Hall–Kier alpha value is -0.420. The number of hydrogen-bond acceptors (Lipinski definition) is 4. The topological polar surface area (TPSA) is 49.5 Å². The van der Waals surface area contributed by atoms with Gasteiger partial charge in [-0.2, -0.15) is 0 Å². The van der Waals surface area contributed by atoms with Gasteiger partial charge >= 0.3 is 0 Å². The molecule has 1 aromatic heterocycles. The molecule has 4 heteroatoms. The number of nitrogens with two attached hydrogens (primary N) is 1. The predicted molar refractivity (Wildman–Crippen MR) is 62.8 cm³/mol. The fraction of sp³-hybridized carbons (Fsp3) is 0.636. The van der Waals surface area contributed by atoms with Gasteiger partial charge in [-0.25, -0.2) is 0 Å². The maximum absolute atomic E-state index is 9.28. The Labute approximate surface area is 94.5 Å². The lowest BCUT2D eigenvalue weighted by atomic mass is 10.2. The molecule has 1 saturated carbocycles. The molecule has 1 unspecified atom stereocenters. The van der Waals surface area contributed by atoms with Gasteiger partial charge in [-0.3, -0.25) is 4.90 Å². The van der Waals surface area contributed by atoms with E-state index in [0.29, 0.717) is 12.6 Å². The highest BCUT2D eigenvalue weighted by Gasteiger charge is 2.33. The molecule has 15 heavy (non-hydrogen) atoms. The van der Waals surface area contributed by atoms with E-state index in [-0.39, 0.29) is 12.6 Å². The number of aliphatic hydroxyl groups is 1. The van der Waals surface area contributed by atoms with E-state index in [1.807, 2.05) is 0 Å². The molecule has 1 aliphatic rings. The van der Waals surface area contributed by atoms with Gasteiger partial charge in [0.1, 0.15) is 0 Å². The summed E-state index contributed by atoms with van der Waals surface area (Å²) >= 11 is 1.77. The molecule has 1 atom stereocenters. The summed E-state index contributed by atoms with van der Waals surface area (Å²) < 4.78 is 0. The standard InChI is InChI=1S/C11H18N2OS/c12-6-10(8-14)13(9-3-4-9)7-11-2-1-5-15-11/h1-2,5,9-10,14H,3-4,6-8,12H2. The summed E-state index contributed by atoms with van der Waals surface area (Å²) in [6.07, 6.45) is 2.50. The molecule has 0 amide bonds. The molecule has 1 aliphatic carbocycles. The van der Waals surface area contributed by atoms with Gasteiger partial charge in [-0.15, -0.1) is 11.3 Å². The minimum absolute atomic E-state index is 0.125. The van der Waals surface area contributed by atoms with Gasteiger partial charge < -0.3 is 10.8 Å². The first-order chi connectivity index (χ1) is 7.35. The normalized spacial score (nSPS) is 18.3. The fourth-order valence-corrected chi connectivity index (χ4v) is 2.57. The second kappa shape index (κ2) is 5.07. The second-order valence-electron chi connectivity index (χ2n) is 4.05. The van der Waals surface area contributed by atoms with Crippen LogP contribution in [0.15, 0.2) is 17.5 Å². The molecular formula is C11H18N2OS. The molecule has 3 N–H and O–H groups in total. The molecule has 0 spiro atoms. The van der Waals surface area contributed by atoms with Crippen molar-refractivity contribution in [3.63, 3.8) is 0 Å². The van der Waals surface area contributed by atoms with Gasteiger partial charge in [-0.05, 0) is 24.3 Å². The first kappa shape index (κ1) is 11.1. The zero-order valence-electron chi connectivity index (χ0n) is 8.80. The van der Waals surface area contributed by atoms with Crippen molar-refractivity contribution in [1.82, 2.24) is 4.90 Å². The third-order valence-corrected chi connectivity index (χ3v) is 3.75. The Balaban J connectivity index is 1.99. The summed E-state index contributed by atoms with van der Waals surface area (Å²) in [6, 6.07) is 4.99. The van der Waals surface area contributed by atoms with Gasteiger partial charge in [-0.1, -0.05) is 6.07 Å². The van der Waals surface area contributed by atoms with Crippen LogP contribution >= 0.6 is 11.3 Å². The molecule has 3 nitrogen and oxygen atoms in total. The third-order valence-electron chi connectivity index (χ3n) is 2.89. The highest BCUT2D eigenvalue weighted by Crippen LogP contribution is 2.30. The van der Waals surface area contributed by atoms with E-state index in [9.17, 15) is 5.11 Å². The van der Waals surface area contributed by atoms with Crippen molar-refractivity contribution in [3.8, 4) is 0 Å². The predicted octanol–water partition coefficient (Wildman–Crippen LogP) is 1.03. The van der Waals surface area contributed by atoms with Crippen LogP contribution in [-0.2, 0) is 6.54 Å². The van der Waals surface area contributed by atoms with E-state index in [2.05, 4.69) is 22.4 Å². The van der Waals surface area contributed by atoms with Crippen LogP contribution in [-0.4, -0.2) is 35.2 Å². The molecule has 84 valence electrons. The largest absolute Gasteiger partial charge is 0.395 e. The molecule has 1 heterocycles. The molecule has 0 radical (unpaired) electrons. The van der Waals surface area contributed by atoms with Crippen LogP contribution < -0.4 is 5.73 Å². The maximum atomic E-state index is 9.28. The molecule has 0 aromatic carbocycles. The van der Waals surface area contributed by atoms with Crippen molar-refractivity contribution >= 4 is 11.3 Å². The van der Waals surface area contributed by atoms with E-state index < -0.39 is 0 Å². The minimum Gasteiger partial charge on any atom is -0.395 e. The zero-order chi connectivity index (χ0) is 10.7. The lowest BCUT2D eigenvalue weighted by molar-refractivity contribution is 0.115. The molecule has 1 fully saturated rings. The maximum Gasteiger partial charge on any atom is 0.0599 e. The van der Waals surface area contributed by atoms with Crippen LogP contribution in [0.2, 0.25) is 0 Å². The number of nitrogens with zero attached hydrogens (tertiary/aromatic N) is 1. The molecule has 2 rings (SSSR count). The van der Waals surface area contributed by atoms with Crippen molar-refractivity contribution in [2.75, 3.05) is 13.2 Å². The molecule has 1 aromatic rings. The molecule has 0 aliphatic heterocycles. The summed E-state index contributed by atoms with van der Waals surface area (Å²) in [5.41, 5.74) is 5.68. The number of hydrogen-bond donors (Lipinski definition) is 2. The fourth-order valence-electron chi connectivity index (χ4n) is 1.86. The first-order valence-corrected chi connectivity index (χ1v) is 6.32. The van der Waals surface area contributed by atoms with E-state index in [4.69, 9.17) is 5.73 Å². The van der Waals surface area contributed by atoms with Crippen LogP contribution in [0.3, 0.4) is 0 Å². The van der Waals surface area contributed by atoms with Gasteiger partial charge in [0.2, 0.25) is 0 Å². The Kier molecular flexibility index (Phi) is 3.75. The van der Waals surface area contributed by atoms with E-state index in [1.54, 1.807) is 11.3 Å². The Bertz CT molecular complexity index is 281. The minimum atomic E-state index is 0.125. The average Bonchev–Trinajstić information content (AvgIpc) is 2.97. The lowest BCUT2D eigenvalue weighted by Crippen LogP contribution is -2.43. The summed E-state index contributed by atoms with van der Waals surface area (Å²) in [7, 11) is 0. The number of rotatable bonds is 6. The number of aliphatic hydroxyl groups excluding tert-OH is 1. The van der Waals surface area contributed by atoms with Crippen LogP contribution in [0.25, 0.3) is 0 Å². The Morgan fingerprint density at radius 3 is 2.87 bits per heavy atom. The summed E-state index contributed by atoms with van der Waals surface area (Å²) in [6.45, 7) is 1.64.